The summed E-state index contributed by atoms with van der Waals surface area (Å²) in [6, 6.07) is 0. The van der Waals surface area contributed by atoms with Gasteiger partial charge in [0.05, 0.1) is 0 Å². The van der Waals surface area contributed by atoms with Gasteiger partial charge in [-0.05, 0) is 56.2 Å². The molecule has 16 heteroatoms. The molecule has 0 aromatic carbocycles. The van der Waals surface area contributed by atoms with Crippen molar-refractivity contribution < 1.29 is 52.7 Å². The Bertz CT molecular complexity index is 675. The Hall–Kier alpha value is 0.145. The summed E-state index contributed by atoms with van der Waals surface area (Å²) in [5.74, 6) is -24.4. The number of hydrogen-bond donors (Lipinski definition) is 0. The van der Waals surface area contributed by atoms with Gasteiger partial charge in [-0.2, -0.15) is 35.1 Å². The second-order valence-corrected chi connectivity index (χ2v) is 9.33. The van der Waals surface area contributed by atoms with E-state index in [0.717, 1.165) is 0 Å². The van der Waals surface area contributed by atoms with Crippen molar-refractivity contribution >= 4 is 53.2 Å². The van der Waals surface area contributed by atoms with Crippen LogP contribution in [0.2, 0.25) is 0 Å². The van der Waals surface area contributed by atoms with Crippen molar-refractivity contribution in [1.29, 1.82) is 0 Å². The third-order valence-electron chi connectivity index (χ3n) is 4.40. The first-order valence-electron chi connectivity index (χ1n) is 6.76. The molecule has 2 rings (SSSR count). The maximum atomic E-state index is 14.9. The van der Waals surface area contributed by atoms with Crippen molar-refractivity contribution in [2.75, 3.05) is 0 Å². The van der Waals surface area contributed by atoms with Crippen molar-refractivity contribution in [3.05, 3.63) is 24.3 Å². The third-order valence-corrected chi connectivity index (χ3v) is 7.25. The van der Waals surface area contributed by atoms with Crippen LogP contribution in [0.1, 0.15) is 0 Å². The molecule has 0 N–H and O–H groups in total. The molecule has 0 saturated carbocycles. The molecule has 0 heterocycles. The van der Waals surface area contributed by atoms with Crippen molar-refractivity contribution in [2.45, 2.75) is 44.0 Å². The lowest BCUT2D eigenvalue weighted by Gasteiger charge is -2.49. The zero-order valence-electron chi connectivity index (χ0n) is 12.6. The number of hydrogen-bond acceptors (Lipinski definition) is 0. The first kappa shape index (κ1) is 24.4. The van der Waals surface area contributed by atoms with Crippen LogP contribution in [0.4, 0.5) is 52.7 Å². The predicted octanol–water partition coefficient (Wildman–Crippen LogP) is 6.67. The maximum absolute atomic E-state index is 14.9. The molecule has 0 nitrogen and oxygen atoms in total. The van der Waals surface area contributed by atoms with Crippen LogP contribution in [0.3, 0.4) is 0 Å². The summed E-state index contributed by atoms with van der Waals surface area (Å²) in [7, 11) is 0. The van der Waals surface area contributed by atoms with Crippen LogP contribution in [0.5, 0.6) is 0 Å². The zero-order valence-corrected chi connectivity index (χ0v) is 17.3. The number of allylic oxidation sites excluding steroid dienone is 4. The normalized spacial score (nSPS) is 45.7. The predicted molar refractivity (Wildman–Crippen MR) is 86.0 cm³/mol. The summed E-state index contributed by atoms with van der Waals surface area (Å²) in [4.78, 5) is 0. The molecule has 4 atom stereocenters. The minimum absolute atomic E-state index is 0.547. The van der Waals surface area contributed by atoms with Gasteiger partial charge in [-0.15, -0.1) is 15.8 Å². The monoisotopic (exact) mass is 624 g/mol. The molecule has 0 saturated heterocycles. The maximum Gasteiger partial charge on any atom is 0.359 e. The Labute approximate surface area is 174 Å². The molecule has 0 aromatic heterocycles. The largest absolute Gasteiger partial charge is 0.359 e. The highest BCUT2D eigenvalue weighted by atomic mass is 79.9. The van der Waals surface area contributed by atoms with Crippen LogP contribution >= 0.6 is 47.6 Å². The third kappa shape index (κ3) is 2.57. The van der Waals surface area contributed by atoms with E-state index in [0.29, 0.717) is 0 Å². The molecule has 0 spiro atoms. The Morgan fingerprint density at radius 3 is 0.964 bits per heavy atom. The molecule has 2 aliphatic carbocycles. The van der Waals surface area contributed by atoms with Crippen molar-refractivity contribution in [3.8, 4) is 0 Å². The van der Waals surface area contributed by atoms with E-state index in [-0.39, 0.29) is 0 Å². The van der Waals surface area contributed by atoms with Crippen molar-refractivity contribution in [1.82, 2.24) is 0 Å². The summed E-state index contributed by atoms with van der Waals surface area (Å²) in [5, 5.41) is 0. The summed E-state index contributed by atoms with van der Waals surface area (Å²) < 4.78 is 160. The number of alkyl halides is 14. The van der Waals surface area contributed by atoms with Gasteiger partial charge < -0.3 is 0 Å². The molecule has 0 aromatic rings. The summed E-state index contributed by atoms with van der Waals surface area (Å²) in [6.07, 6.45) is -2.50. The fourth-order valence-electron chi connectivity index (χ4n) is 2.56. The van der Waals surface area contributed by atoms with Crippen molar-refractivity contribution in [2.24, 2.45) is 0 Å². The second-order valence-electron chi connectivity index (χ2n) is 6.11. The fraction of sp³-hybridized carbons (Fsp3) is 0.667. The molecule has 0 fully saturated rings. The molecular weight excluding hydrogens is 623 g/mol. The first-order chi connectivity index (χ1) is 12.1. The summed E-state index contributed by atoms with van der Waals surface area (Å²) >= 11 is 4.80. The van der Waals surface area contributed by atoms with E-state index in [1.165, 1.54) is 0 Å². The lowest BCUT2D eigenvalue weighted by Crippen LogP contribution is -2.76. The van der Waals surface area contributed by atoms with E-state index < -0.39 is 73.8 Å². The highest BCUT2D eigenvalue weighted by Gasteiger charge is 2.88. The zero-order chi connectivity index (χ0) is 22.4. The Morgan fingerprint density at radius 2 is 0.714 bits per heavy atom. The quantitative estimate of drug-likeness (QED) is 0.139. The molecule has 4 unspecified atom stereocenters. The van der Waals surface area contributed by atoms with E-state index in [1.54, 1.807) is 47.6 Å². The number of halogens is 15. The first-order valence-corrected chi connectivity index (χ1v) is 9.26. The Balaban J connectivity index is 2.73. The topological polar surface area (TPSA) is 0 Å². The molecule has 2 aliphatic rings. The molecule has 0 radical (unpaired) electrons. The highest BCUT2D eigenvalue weighted by Crippen LogP contribution is 2.64. The van der Waals surface area contributed by atoms with E-state index in [4.69, 9.17) is 0 Å². The van der Waals surface area contributed by atoms with Crippen LogP contribution in [0.25, 0.3) is 0 Å². The molecule has 0 bridgehead atoms. The average Bonchev–Trinajstić information content (AvgIpc) is 2.53. The Kier molecular flexibility index (Phi) is 5.32. The minimum atomic E-state index is -6.22. The van der Waals surface area contributed by atoms with Crippen LogP contribution in [-0.4, -0.2) is 49.5 Å². The smallest absolute Gasteiger partial charge is 0.241 e. The van der Waals surface area contributed by atoms with Crippen molar-refractivity contribution in [3.63, 3.8) is 0 Å². The SMILES string of the molecule is FC1(Br)C=CC(F)(B(Br)C2(F)C=CC(F)(Br)C(F)(F)C2(F)F)C(F)(F)C1(F)F. The molecule has 28 heavy (non-hydrogen) atoms. The lowest BCUT2D eigenvalue weighted by atomic mass is 9.44. The molecule has 0 aliphatic heterocycles. The van der Waals surface area contributed by atoms with Crippen LogP contribution < -0.4 is 0 Å². The van der Waals surface area contributed by atoms with Crippen LogP contribution in [0.15, 0.2) is 24.3 Å². The van der Waals surface area contributed by atoms with Crippen LogP contribution in [0, 0.1) is 0 Å². The Morgan fingerprint density at radius 1 is 0.464 bits per heavy atom. The minimum Gasteiger partial charge on any atom is -0.241 e. The van der Waals surface area contributed by atoms with Gasteiger partial charge in [0.15, 0.2) is 11.1 Å². The fourth-order valence-corrected chi connectivity index (χ4v) is 4.21. The number of rotatable bonds is 2. The van der Waals surface area contributed by atoms with Gasteiger partial charge in [0.2, 0.25) is 0 Å². The van der Waals surface area contributed by atoms with Gasteiger partial charge in [-0.1, -0.05) is 0 Å². The summed E-state index contributed by atoms with van der Waals surface area (Å²) in [5.41, 5.74) is -14.1. The van der Waals surface area contributed by atoms with E-state index in [9.17, 15) is 52.7 Å². The highest BCUT2D eigenvalue weighted by molar-refractivity contribution is 9.24. The lowest BCUT2D eigenvalue weighted by molar-refractivity contribution is -0.281. The van der Waals surface area contributed by atoms with Gasteiger partial charge in [-0.25, -0.2) is 17.6 Å². The van der Waals surface area contributed by atoms with Gasteiger partial charge in [-0.3, -0.25) is 0 Å². The molecule has 0 amide bonds. The average molecular weight is 627 g/mol. The van der Waals surface area contributed by atoms with E-state index in [2.05, 4.69) is 0 Å². The van der Waals surface area contributed by atoms with E-state index >= 15 is 0 Å². The van der Waals surface area contributed by atoms with Gasteiger partial charge in [0.1, 0.15) is 0 Å². The second kappa shape index (κ2) is 6.10. The van der Waals surface area contributed by atoms with E-state index in [1.807, 2.05) is 0 Å². The molecular formula is C12H4BBr3F12. The van der Waals surface area contributed by atoms with Gasteiger partial charge >= 0.3 is 29.2 Å². The van der Waals surface area contributed by atoms with Gasteiger partial charge in [0.25, 0.3) is 9.16 Å². The van der Waals surface area contributed by atoms with Crippen LogP contribution in [-0.2, 0) is 0 Å². The standard InChI is InChI=1S/C12H4BBr3F12/c14-7(19)3-1-5(17,9(21,22)11(7,25)26)13(16)6(18)2-4-8(15,20)12(27,28)10(6,23)24/h1-4H. The molecule has 160 valence electrons. The summed E-state index contributed by atoms with van der Waals surface area (Å²) in [6.45, 7) is 0. The van der Waals surface area contributed by atoms with Gasteiger partial charge in [0, 0.05) is 0 Å².